The highest BCUT2D eigenvalue weighted by molar-refractivity contribution is 14.1. The van der Waals surface area contributed by atoms with Crippen molar-refractivity contribution < 1.29 is 28.6 Å². The maximum atomic E-state index is 11.9. The van der Waals surface area contributed by atoms with Crippen LogP contribution in [0.3, 0.4) is 0 Å². The van der Waals surface area contributed by atoms with Gasteiger partial charge in [0, 0.05) is 25.6 Å². The molecule has 2 atom stereocenters. The molecule has 2 unspecified atom stereocenters. The van der Waals surface area contributed by atoms with Crippen LogP contribution in [0.4, 0.5) is 9.59 Å². The quantitative estimate of drug-likeness (QED) is 0.210. The summed E-state index contributed by atoms with van der Waals surface area (Å²) in [5.74, 6) is -0.307. The van der Waals surface area contributed by atoms with Crippen molar-refractivity contribution in [3.63, 3.8) is 0 Å². The molecule has 0 bridgehead atoms. The number of carbonyl (C=O) groups is 3. The maximum Gasteiger partial charge on any atom is 0.407 e. The van der Waals surface area contributed by atoms with Crippen molar-refractivity contribution in [3.05, 3.63) is 0 Å². The molecular formula is C14H28BIN3O6P. The molecule has 0 aromatic heterocycles. The Morgan fingerprint density at radius 3 is 2.00 bits per heavy atom. The summed E-state index contributed by atoms with van der Waals surface area (Å²) in [4.78, 5) is 34.7. The molecule has 0 radical (unpaired) electrons. The van der Waals surface area contributed by atoms with Gasteiger partial charge >= 0.3 is 16.6 Å². The van der Waals surface area contributed by atoms with Crippen LogP contribution in [0.5, 0.6) is 0 Å². The second-order valence-electron chi connectivity index (χ2n) is 5.35. The van der Waals surface area contributed by atoms with Crippen LogP contribution in [-0.4, -0.2) is 61.5 Å². The number of ether oxygens (including phenoxy) is 3. The highest BCUT2D eigenvalue weighted by Gasteiger charge is 2.19. The number of halogens is 1. The van der Waals surface area contributed by atoms with Gasteiger partial charge in [-0.3, -0.25) is 4.79 Å². The summed E-state index contributed by atoms with van der Waals surface area (Å²) in [5.41, 5.74) is 0. The largest absolute Gasteiger partial charge is 0.447 e. The summed E-state index contributed by atoms with van der Waals surface area (Å²) in [7, 11) is 2.49. The monoisotopic (exact) mass is 503 g/mol. The van der Waals surface area contributed by atoms with Crippen LogP contribution in [0.15, 0.2) is 0 Å². The van der Waals surface area contributed by atoms with Crippen LogP contribution in [-0.2, 0) is 19.0 Å². The smallest absolute Gasteiger partial charge is 0.407 e. The van der Waals surface area contributed by atoms with Crippen LogP contribution >= 0.6 is 31.5 Å². The maximum absolute atomic E-state index is 11.9. The van der Waals surface area contributed by atoms with Gasteiger partial charge in [0.25, 0.3) is 0 Å². The van der Waals surface area contributed by atoms with Gasteiger partial charge in [0.1, 0.15) is 19.3 Å². The van der Waals surface area contributed by atoms with Gasteiger partial charge in [-0.25, -0.2) is 9.59 Å². The van der Waals surface area contributed by atoms with Gasteiger partial charge in [-0.15, -0.1) is 31.5 Å². The third-order valence-corrected chi connectivity index (χ3v) is 3.55. The zero-order chi connectivity index (χ0) is 19.9. The van der Waals surface area contributed by atoms with E-state index in [4.69, 9.17) is 14.2 Å². The van der Waals surface area contributed by atoms with Crippen LogP contribution < -0.4 is 15.9 Å². The minimum atomic E-state index is -0.616. The van der Waals surface area contributed by atoms with Crippen molar-refractivity contribution in [1.82, 2.24) is 15.9 Å². The van der Waals surface area contributed by atoms with Gasteiger partial charge in [0.15, 0.2) is 0 Å². The molecule has 150 valence electrons. The number of amides is 3. The first kappa shape index (κ1) is 25.2. The summed E-state index contributed by atoms with van der Waals surface area (Å²) in [6.07, 6.45) is -1.27. The zero-order valence-corrected chi connectivity index (χ0v) is 18.7. The summed E-state index contributed by atoms with van der Waals surface area (Å²) in [6.45, 7) is 6.37. The fourth-order valence-electron chi connectivity index (χ4n) is 1.69. The molecule has 0 aromatic rings. The van der Waals surface area contributed by atoms with Gasteiger partial charge in [-0.1, -0.05) is 6.92 Å². The number of alkyl carbamates (subject to hydrolysis) is 2. The van der Waals surface area contributed by atoms with Gasteiger partial charge in [-0.2, -0.15) is 0 Å². The Labute approximate surface area is 170 Å². The van der Waals surface area contributed by atoms with Crippen LogP contribution in [0.2, 0.25) is 0 Å². The van der Waals surface area contributed by atoms with E-state index in [0.717, 1.165) is 0 Å². The first-order valence-corrected chi connectivity index (χ1v) is 10.3. The standard InChI is InChI=1S/C14H28BIN3O6P/c1-4-17-13(21)24-8-11(9-25-14(22)18-5-2)23-7-6-10(3)12(20)19-15(16)26/h10-11H,4-9,26H2,1-3H3,(H,17,21)(H,18,22)(H,19,20). The summed E-state index contributed by atoms with van der Waals surface area (Å²) in [6, 6.07) is 0. The molecular weight excluding hydrogens is 475 g/mol. The highest BCUT2D eigenvalue weighted by Crippen LogP contribution is 2.07. The third kappa shape index (κ3) is 13.4. The molecule has 3 amide bonds. The Morgan fingerprint density at radius 1 is 1.08 bits per heavy atom. The predicted octanol–water partition coefficient (Wildman–Crippen LogP) is 1.30. The van der Waals surface area contributed by atoms with Crippen LogP contribution in [0.25, 0.3) is 0 Å². The van der Waals surface area contributed by atoms with E-state index in [9.17, 15) is 14.4 Å². The normalized spacial score (nSPS) is 11.5. The Hall–Kier alpha value is -0.805. The Morgan fingerprint density at radius 2 is 1.58 bits per heavy atom. The zero-order valence-electron chi connectivity index (χ0n) is 15.4. The van der Waals surface area contributed by atoms with E-state index in [0.29, 0.717) is 19.5 Å². The lowest BCUT2D eigenvalue weighted by Crippen LogP contribution is -2.36. The molecule has 0 spiro atoms. The van der Waals surface area contributed by atoms with E-state index >= 15 is 0 Å². The average Bonchev–Trinajstić information content (AvgIpc) is 2.56. The van der Waals surface area contributed by atoms with E-state index in [1.807, 2.05) is 0 Å². The number of nitrogens with one attached hydrogen (secondary N) is 3. The van der Waals surface area contributed by atoms with E-state index in [2.05, 4.69) is 47.4 Å². The second-order valence-corrected chi connectivity index (χ2v) is 8.72. The first-order chi connectivity index (χ1) is 12.3. The lowest BCUT2D eigenvalue weighted by Gasteiger charge is -2.19. The topological polar surface area (TPSA) is 115 Å². The molecule has 0 heterocycles. The lowest BCUT2D eigenvalue weighted by atomic mass is 10.1. The van der Waals surface area contributed by atoms with Crippen LogP contribution in [0, 0.1) is 5.92 Å². The fraction of sp³-hybridized carbons (Fsp3) is 0.786. The number of rotatable bonds is 12. The summed E-state index contributed by atoms with van der Waals surface area (Å²) < 4.78 is 15.6. The van der Waals surface area contributed by atoms with Crippen molar-refractivity contribution in [2.75, 3.05) is 32.9 Å². The number of carbonyl (C=O) groups excluding carboxylic acids is 3. The molecule has 9 nitrogen and oxygen atoms in total. The molecule has 26 heavy (non-hydrogen) atoms. The van der Waals surface area contributed by atoms with Gasteiger partial charge in [0.2, 0.25) is 5.91 Å². The third-order valence-electron chi connectivity index (χ3n) is 3.08. The van der Waals surface area contributed by atoms with Crippen molar-refractivity contribution >= 4 is 54.0 Å². The molecule has 0 fully saturated rings. The van der Waals surface area contributed by atoms with E-state index in [-0.39, 0.29) is 36.1 Å². The molecule has 0 aliphatic carbocycles. The predicted molar refractivity (Wildman–Crippen MR) is 111 cm³/mol. The minimum absolute atomic E-state index is 0.0350. The summed E-state index contributed by atoms with van der Waals surface area (Å²) >= 11 is 2.08. The molecule has 0 aliphatic heterocycles. The van der Waals surface area contributed by atoms with Crippen molar-refractivity contribution in [2.24, 2.45) is 5.92 Å². The minimum Gasteiger partial charge on any atom is -0.447 e. The molecule has 0 saturated carbocycles. The van der Waals surface area contributed by atoms with Gasteiger partial charge < -0.3 is 30.1 Å². The van der Waals surface area contributed by atoms with Crippen LogP contribution in [0.1, 0.15) is 27.2 Å². The Balaban J connectivity index is 4.38. The van der Waals surface area contributed by atoms with E-state index < -0.39 is 18.3 Å². The number of hydrogen-bond acceptors (Lipinski definition) is 6. The second kappa shape index (κ2) is 15.3. The SMILES string of the molecule is CCNC(=O)OCC(COC(=O)NCC)OCCC(C)C(=O)NB(P)I. The van der Waals surface area contributed by atoms with Crippen molar-refractivity contribution in [2.45, 2.75) is 33.3 Å². The molecule has 12 heteroatoms. The molecule has 0 saturated heterocycles. The molecule has 0 rings (SSSR count). The first-order valence-electron chi connectivity index (χ1n) is 8.42. The van der Waals surface area contributed by atoms with E-state index in [1.54, 1.807) is 20.8 Å². The van der Waals surface area contributed by atoms with Crippen molar-refractivity contribution in [3.8, 4) is 0 Å². The molecule has 0 aliphatic rings. The highest BCUT2D eigenvalue weighted by atomic mass is 127. The summed E-state index contributed by atoms with van der Waals surface area (Å²) in [5, 5.41) is 7.79. The Kier molecular flexibility index (Phi) is 14.8. The van der Waals surface area contributed by atoms with E-state index in [1.165, 1.54) is 0 Å². The molecule has 0 aromatic carbocycles. The van der Waals surface area contributed by atoms with Crippen molar-refractivity contribution in [1.29, 1.82) is 0 Å². The van der Waals surface area contributed by atoms with Gasteiger partial charge in [-0.05, 0) is 20.3 Å². The molecule has 3 N–H and O–H groups in total. The van der Waals surface area contributed by atoms with Gasteiger partial charge in [0.05, 0.1) is 0 Å². The lowest BCUT2D eigenvalue weighted by molar-refractivity contribution is -0.123. The number of hydrogen-bond donors (Lipinski definition) is 3. The fourth-order valence-corrected chi connectivity index (χ4v) is 2.16. The Bertz CT molecular complexity index is 425. The average molecular weight is 503 g/mol.